The van der Waals surface area contributed by atoms with Gasteiger partial charge in [-0.25, -0.2) is 4.39 Å². The van der Waals surface area contributed by atoms with Crippen molar-refractivity contribution in [1.29, 1.82) is 0 Å². The molecule has 0 bridgehead atoms. The van der Waals surface area contributed by atoms with Crippen LogP contribution in [0.3, 0.4) is 0 Å². The van der Waals surface area contributed by atoms with Crippen molar-refractivity contribution < 1.29 is 73.5 Å². The second kappa shape index (κ2) is 7.73. The van der Waals surface area contributed by atoms with Gasteiger partial charge in [0.05, 0.1) is 11.5 Å². The number of rotatable bonds is 4. The number of aromatic nitrogens is 1. The predicted octanol–water partition coefficient (Wildman–Crippen LogP) is 0.167. The fourth-order valence-corrected chi connectivity index (χ4v) is 1.68. The molecule has 0 unspecified atom stereocenters. The summed E-state index contributed by atoms with van der Waals surface area (Å²) in [5.74, 6) is -1.29. The number of halogens is 4. The summed E-state index contributed by atoms with van der Waals surface area (Å²) in [6.07, 6.45) is 1.58. The van der Waals surface area contributed by atoms with Crippen molar-refractivity contribution in [2.75, 3.05) is 0 Å². The summed E-state index contributed by atoms with van der Waals surface area (Å²) in [6.45, 7) is -3.45. The first-order valence-electron chi connectivity index (χ1n) is 5.90. The first kappa shape index (κ1) is 18.6. The molecule has 0 spiro atoms. The van der Waals surface area contributed by atoms with E-state index in [9.17, 15) is 17.3 Å². The third kappa shape index (κ3) is 5.07. The average Bonchev–Trinajstić information content (AvgIpc) is 2.36. The first-order chi connectivity index (χ1) is 9.38. The molecule has 0 saturated heterocycles. The number of aryl methyl sites for hydroxylation is 1. The summed E-state index contributed by atoms with van der Waals surface area (Å²) >= 11 is 0. The van der Waals surface area contributed by atoms with Gasteiger partial charge < -0.3 is 17.7 Å². The molecule has 0 amide bonds. The van der Waals surface area contributed by atoms with Gasteiger partial charge in [0, 0.05) is 12.3 Å². The van der Waals surface area contributed by atoms with Crippen LogP contribution in [0.5, 0.6) is 5.75 Å². The van der Waals surface area contributed by atoms with Crippen LogP contribution in [-0.4, -0.2) is 12.0 Å². The molecular formula is C13H11BF4KNO. The summed E-state index contributed by atoms with van der Waals surface area (Å²) < 4.78 is 56.0. The molecule has 2 aromatic rings. The Balaban J connectivity index is 0.00000220. The van der Waals surface area contributed by atoms with Crippen LogP contribution in [-0.2, 0) is 6.61 Å². The molecule has 2 rings (SSSR count). The van der Waals surface area contributed by atoms with E-state index >= 15 is 0 Å². The Labute approximate surface area is 162 Å². The van der Waals surface area contributed by atoms with Crippen molar-refractivity contribution in [2.45, 2.75) is 13.5 Å². The Morgan fingerprint density at radius 3 is 2.48 bits per heavy atom. The molecule has 0 aliphatic carbocycles. The smallest absolute Gasteiger partial charge is 0.487 e. The fourth-order valence-electron chi connectivity index (χ4n) is 1.68. The molecule has 106 valence electrons. The van der Waals surface area contributed by atoms with E-state index in [4.69, 9.17) is 4.74 Å². The molecule has 21 heavy (non-hydrogen) atoms. The second-order valence-corrected chi connectivity index (χ2v) is 4.31. The van der Waals surface area contributed by atoms with Crippen molar-refractivity contribution in [3.8, 4) is 5.75 Å². The van der Waals surface area contributed by atoms with Crippen LogP contribution in [0.1, 0.15) is 11.3 Å². The van der Waals surface area contributed by atoms with Crippen molar-refractivity contribution in [2.24, 2.45) is 0 Å². The van der Waals surface area contributed by atoms with Gasteiger partial charge in [0.15, 0.2) is 0 Å². The molecule has 0 fully saturated rings. The molecule has 0 N–H and O–H groups in total. The van der Waals surface area contributed by atoms with Crippen LogP contribution in [0.4, 0.5) is 17.3 Å². The van der Waals surface area contributed by atoms with E-state index in [2.05, 4.69) is 4.98 Å². The number of hydrogen-bond donors (Lipinski definition) is 0. The number of hydrogen-bond acceptors (Lipinski definition) is 2. The topological polar surface area (TPSA) is 22.1 Å². The maximum absolute atomic E-state index is 13.4. The monoisotopic (exact) mass is 323 g/mol. The van der Waals surface area contributed by atoms with E-state index in [1.165, 1.54) is 0 Å². The Morgan fingerprint density at radius 1 is 1.19 bits per heavy atom. The predicted molar refractivity (Wildman–Crippen MR) is 68.4 cm³/mol. The second-order valence-electron chi connectivity index (χ2n) is 4.31. The number of nitrogens with zero attached hydrogens (tertiary/aromatic N) is 1. The van der Waals surface area contributed by atoms with Crippen LogP contribution < -0.4 is 61.6 Å². The number of ether oxygens (including phenoxy) is 1. The van der Waals surface area contributed by atoms with Crippen LogP contribution in [0, 0.1) is 12.7 Å². The SMILES string of the molecule is Cc1cccnc1COc1ccc([B-](F)(F)F)c(F)c1.[K+]. The van der Waals surface area contributed by atoms with Gasteiger partial charge in [0.1, 0.15) is 12.4 Å². The zero-order valence-corrected chi connectivity index (χ0v) is 14.7. The average molecular weight is 323 g/mol. The molecule has 0 radical (unpaired) electrons. The van der Waals surface area contributed by atoms with Crippen molar-refractivity contribution in [1.82, 2.24) is 4.98 Å². The third-order valence-electron chi connectivity index (χ3n) is 2.82. The van der Waals surface area contributed by atoms with E-state index in [1.54, 1.807) is 12.3 Å². The maximum Gasteiger partial charge on any atom is 1.00 e. The molecule has 1 aromatic carbocycles. The van der Waals surface area contributed by atoms with Gasteiger partial charge in [-0.2, -0.15) is 0 Å². The Morgan fingerprint density at radius 2 is 1.90 bits per heavy atom. The molecule has 8 heteroatoms. The van der Waals surface area contributed by atoms with Gasteiger partial charge in [0.2, 0.25) is 0 Å². The molecule has 0 aliphatic rings. The standard InChI is InChI=1S/C13H11BF4NO.K/c1-9-3-2-6-19-13(9)8-20-10-4-5-11(12(15)7-10)14(16,17)18;/h2-7H,8H2,1H3;/q-1;+1. The van der Waals surface area contributed by atoms with Crippen LogP contribution in [0.15, 0.2) is 36.5 Å². The minimum absolute atomic E-state index is 0. The summed E-state index contributed by atoms with van der Waals surface area (Å²) in [5.41, 5.74) is 0.298. The van der Waals surface area contributed by atoms with Crippen LogP contribution in [0.2, 0.25) is 0 Å². The summed E-state index contributed by atoms with van der Waals surface area (Å²) in [6, 6.07) is 6.13. The fraction of sp³-hybridized carbons (Fsp3) is 0.154. The van der Waals surface area contributed by atoms with Gasteiger partial charge in [-0.05, 0) is 24.6 Å². The first-order valence-corrected chi connectivity index (χ1v) is 5.90. The van der Waals surface area contributed by atoms with E-state index in [0.717, 1.165) is 17.7 Å². The minimum atomic E-state index is -5.35. The Bertz CT molecular complexity index is 621. The van der Waals surface area contributed by atoms with E-state index < -0.39 is 18.3 Å². The van der Waals surface area contributed by atoms with E-state index in [0.29, 0.717) is 11.8 Å². The third-order valence-corrected chi connectivity index (χ3v) is 2.82. The largest absolute Gasteiger partial charge is 1.00 e. The molecular weight excluding hydrogens is 312 g/mol. The van der Waals surface area contributed by atoms with Gasteiger partial charge >= 0.3 is 58.4 Å². The number of benzene rings is 1. The maximum atomic E-state index is 13.4. The molecule has 2 nitrogen and oxygen atoms in total. The van der Waals surface area contributed by atoms with Gasteiger partial charge in [-0.3, -0.25) is 4.98 Å². The summed E-state index contributed by atoms with van der Waals surface area (Å²) in [7, 11) is 0. The number of pyridine rings is 1. The van der Waals surface area contributed by atoms with E-state index in [1.807, 2.05) is 13.0 Å². The molecule has 0 atom stereocenters. The van der Waals surface area contributed by atoms with Crippen molar-refractivity contribution >= 4 is 12.4 Å². The normalized spacial score (nSPS) is 10.9. The van der Waals surface area contributed by atoms with Gasteiger partial charge in [-0.1, -0.05) is 17.6 Å². The van der Waals surface area contributed by atoms with Gasteiger partial charge in [-0.15, -0.1) is 0 Å². The van der Waals surface area contributed by atoms with Crippen LogP contribution in [0.25, 0.3) is 0 Å². The summed E-state index contributed by atoms with van der Waals surface area (Å²) in [4.78, 5) is 4.08. The Kier molecular flexibility index (Phi) is 6.86. The van der Waals surface area contributed by atoms with Crippen molar-refractivity contribution in [3.05, 3.63) is 53.6 Å². The zero-order chi connectivity index (χ0) is 14.8. The Hall–Kier alpha value is -0.409. The minimum Gasteiger partial charge on any atom is -0.487 e. The van der Waals surface area contributed by atoms with Crippen LogP contribution >= 0.6 is 0 Å². The quantitative estimate of drug-likeness (QED) is 0.591. The molecule has 1 aromatic heterocycles. The summed E-state index contributed by atoms with van der Waals surface area (Å²) in [5, 5.41) is 0. The van der Waals surface area contributed by atoms with Gasteiger partial charge in [0.25, 0.3) is 0 Å². The molecule has 1 heterocycles. The van der Waals surface area contributed by atoms with Crippen molar-refractivity contribution in [3.63, 3.8) is 0 Å². The zero-order valence-electron chi connectivity index (χ0n) is 11.6. The van der Waals surface area contributed by atoms with E-state index in [-0.39, 0.29) is 63.7 Å². The molecule has 0 aliphatic heterocycles. The molecule has 0 saturated carbocycles.